The number of para-hydroxylation sites is 2. The third-order valence-electron chi connectivity index (χ3n) is 5.39. The number of phenolic OH excluding ortho intramolecular Hbond substituents is 1. The average Bonchev–Trinajstić information content (AvgIpc) is 3.19. The lowest BCUT2D eigenvalue weighted by atomic mass is 9.95. The van der Waals surface area contributed by atoms with E-state index in [9.17, 15) is 9.50 Å². The fourth-order valence-corrected chi connectivity index (χ4v) is 4.01. The van der Waals surface area contributed by atoms with Gasteiger partial charge in [0.25, 0.3) is 0 Å². The van der Waals surface area contributed by atoms with Crippen LogP contribution >= 0.6 is 0 Å². The number of hydrazone groups is 1. The van der Waals surface area contributed by atoms with Crippen LogP contribution in [0.3, 0.4) is 0 Å². The zero-order valence-electron chi connectivity index (χ0n) is 15.7. The molecule has 3 aromatic carbocycles. The van der Waals surface area contributed by atoms with Crippen molar-refractivity contribution in [2.45, 2.75) is 18.7 Å². The SMILES string of the molecule is COc1cccc2c1OC(c1ccccc1F)N1N=C(c3ccccc3O)CC21. The van der Waals surface area contributed by atoms with E-state index in [2.05, 4.69) is 0 Å². The zero-order chi connectivity index (χ0) is 20.0. The predicted molar refractivity (Wildman–Crippen MR) is 107 cm³/mol. The molecular weight excluding hydrogens is 371 g/mol. The Labute approximate surface area is 167 Å². The van der Waals surface area contributed by atoms with Gasteiger partial charge < -0.3 is 14.6 Å². The van der Waals surface area contributed by atoms with Gasteiger partial charge in [-0.05, 0) is 24.3 Å². The van der Waals surface area contributed by atoms with E-state index in [-0.39, 0.29) is 17.6 Å². The van der Waals surface area contributed by atoms with Gasteiger partial charge in [-0.3, -0.25) is 0 Å². The molecule has 2 unspecified atom stereocenters. The largest absolute Gasteiger partial charge is 0.507 e. The summed E-state index contributed by atoms with van der Waals surface area (Å²) < 4.78 is 26.4. The fourth-order valence-electron chi connectivity index (χ4n) is 4.01. The van der Waals surface area contributed by atoms with E-state index in [0.29, 0.717) is 29.0 Å². The minimum atomic E-state index is -0.742. The molecule has 2 aliphatic heterocycles. The number of rotatable bonds is 3. The lowest BCUT2D eigenvalue weighted by Gasteiger charge is -2.38. The first-order valence-corrected chi connectivity index (χ1v) is 9.39. The molecule has 0 bridgehead atoms. The summed E-state index contributed by atoms with van der Waals surface area (Å²) in [6.45, 7) is 0. The molecule has 0 saturated carbocycles. The number of aromatic hydroxyl groups is 1. The van der Waals surface area contributed by atoms with Crippen molar-refractivity contribution in [1.29, 1.82) is 0 Å². The Hall–Kier alpha value is -3.54. The molecule has 2 atom stereocenters. The Kier molecular flexibility index (Phi) is 4.12. The van der Waals surface area contributed by atoms with E-state index < -0.39 is 6.23 Å². The van der Waals surface area contributed by atoms with Gasteiger partial charge in [-0.1, -0.05) is 42.5 Å². The van der Waals surface area contributed by atoms with Gasteiger partial charge in [0, 0.05) is 17.5 Å². The standard InChI is InChI=1S/C23H19FN2O3/c1-28-21-12-6-9-16-19-13-18(15-8-3-5-11-20(15)27)25-26(19)23(29-22(16)21)14-7-2-4-10-17(14)24/h2-12,19,23,27H,13H2,1H3. The highest BCUT2D eigenvalue weighted by molar-refractivity contribution is 6.04. The number of hydrogen-bond acceptors (Lipinski definition) is 5. The van der Waals surface area contributed by atoms with Crippen LogP contribution in [-0.4, -0.2) is 22.9 Å². The van der Waals surface area contributed by atoms with Gasteiger partial charge in [0.15, 0.2) is 11.5 Å². The van der Waals surface area contributed by atoms with Crippen molar-refractivity contribution in [1.82, 2.24) is 5.01 Å². The van der Waals surface area contributed by atoms with Crippen LogP contribution in [0.4, 0.5) is 4.39 Å². The van der Waals surface area contributed by atoms with Gasteiger partial charge in [-0.15, -0.1) is 0 Å². The maximum atomic E-state index is 14.6. The van der Waals surface area contributed by atoms with E-state index in [1.165, 1.54) is 6.07 Å². The Bertz CT molecular complexity index is 1110. The molecule has 29 heavy (non-hydrogen) atoms. The average molecular weight is 390 g/mol. The fraction of sp³-hybridized carbons (Fsp3) is 0.174. The Balaban J connectivity index is 1.66. The van der Waals surface area contributed by atoms with E-state index >= 15 is 0 Å². The molecule has 3 aromatic rings. The van der Waals surface area contributed by atoms with Crippen LogP contribution in [0, 0.1) is 5.82 Å². The van der Waals surface area contributed by atoms with Crippen molar-refractivity contribution in [2.24, 2.45) is 5.10 Å². The number of hydrogen-bond donors (Lipinski definition) is 1. The van der Waals surface area contributed by atoms with Crippen molar-refractivity contribution < 1.29 is 19.0 Å². The molecule has 0 fully saturated rings. The van der Waals surface area contributed by atoms with Crippen LogP contribution in [0.15, 0.2) is 71.8 Å². The lowest BCUT2D eigenvalue weighted by Crippen LogP contribution is -2.34. The summed E-state index contributed by atoms with van der Waals surface area (Å²) in [6.07, 6.45) is -0.181. The van der Waals surface area contributed by atoms with Crippen molar-refractivity contribution >= 4 is 5.71 Å². The third-order valence-corrected chi connectivity index (χ3v) is 5.39. The number of nitrogens with zero attached hydrogens (tertiary/aromatic N) is 2. The first kappa shape index (κ1) is 17.6. The maximum absolute atomic E-state index is 14.6. The maximum Gasteiger partial charge on any atom is 0.216 e. The van der Waals surface area contributed by atoms with Crippen molar-refractivity contribution in [3.8, 4) is 17.2 Å². The van der Waals surface area contributed by atoms with E-state index in [4.69, 9.17) is 14.6 Å². The number of fused-ring (bicyclic) bond motifs is 3. The number of ether oxygens (including phenoxy) is 2. The first-order valence-electron chi connectivity index (χ1n) is 9.39. The second-order valence-electron chi connectivity index (χ2n) is 7.03. The van der Waals surface area contributed by atoms with Crippen LogP contribution in [0.2, 0.25) is 0 Å². The van der Waals surface area contributed by atoms with Crippen molar-refractivity contribution in [2.75, 3.05) is 7.11 Å². The molecule has 0 amide bonds. The molecule has 0 radical (unpaired) electrons. The van der Waals surface area contributed by atoms with Crippen molar-refractivity contribution in [3.63, 3.8) is 0 Å². The zero-order valence-corrected chi connectivity index (χ0v) is 15.7. The van der Waals surface area contributed by atoms with Crippen LogP contribution in [0.1, 0.15) is 35.4 Å². The number of halogens is 1. The molecule has 5 rings (SSSR count). The van der Waals surface area contributed by atoms with Gasteiger partial charge in [0.1, 0.15) is 11.6 Å². The molecule has 0 spiro atoms. The van der Waals surface area contributed by atoms with Crippen LogP contribution in [-0.2, 0) is 0 Å². The number of benzene rings is 3. The summed E-state index contributed by atoms with van der Waals surface area (Å²) in [6, 6.07) is 19.2. The highest BCUT2D eigenvalue weighted by atomic mass is 19.1. The summed E-state index contributed by atoms with van der Waals surface area (Å²) in [5.41, 5.74) is 2.72. The summed E-state index contributed by atoms with van der Waals surface area (Å²) in [4.78, 5) is 0. The van der Waals surface area contributed by atoms with Gasteiger partial charge in [-0.2, -0.15) is 5.10 Å². The molecule has 0 aromatic heterocycles. The summed E-state index contributed by atoms with van der Waals surface area (Å²) >= 11 is 0. The predicted octanol–water partition coefficient (Wildman–Crippen LogP) is 4.78. The van der Waals surface area contributed by atoms with Gasteiger partial charge >= 0.3 is 0 Å². The Morgan fingerprint density at radius 2 is 1.79 bits per heavy atom. The summed E-state index contributed by atoms with van der Waals surface area (Å²) in [7, 11) is 1.59. The highest BCUT2D eigenvalue weighted by Crippen LogP contribution is 2.51. The van der Waals surface area contributed by atoms with Crippen LogP contribution in [0.5, 0.6) is 17.2 Å². The number of methoxy groups -OCH3 is 1. The smallest absolute Gasteiger partial charge is 0.216 e. The molecule has 2 heterocycles. The second-order valence-corrected chi connectivity index (χ2v) is 7.03. The van der Waals surface area contributed by atoms with E-state index in [1.54, 1.807) is 42.5 Å². The van der Waals surface area contributed by atoms with Gasteiger partial charge in [0.05, 0.1) is 24.4 Å². The topological polar surface area (TPSA) is 54.3 Å². The molecule has 146 valence electrons. The number of phenols is 1. The minimum absolute atomic E-state index is 0.159. The molecule has 5 nitrogen and oxygen atoms in total. The minimum Gasteiger partial charge on any atom is -0.507 e. The highest BCUT2D eigenvalue weighted by Gasteiger charge is 2.43. The monoisotopic (exact) mass is 390 g/mol. The van der Waals surface area contributed by atoms with Gasteiger partial charge in [0.2, 0.25) is 6.23 Å². The Morgan fingerprint density at radius 1 is 1.03 bits per heavy atom. The molecule has 0 saturated heterocycles. The molecule has 1 N–H and O–H groups in total. The Morgan fingerprint density at radius 3 is 2.59 bits per heavy atom. The van der Waals surface area contributed by atoms with Gasteiger partial charge in [-0.25, -0.2) is 9.40 Å². The first-order chi connectivity index (χ1) is 14.2. The second kappa shape index (κ2) is 6.81. The quantitative estimate of drug-likeness (QED) is 0.699. The molecular formula is C23H19FN2O3. The van der Waals surface area contributed by atoms with Crippen LogP contribution < -0.4 is 9.47 Å². The lowest BCUT2D eigenvalue weighted by molar-refractivity contribution is -0.0230. The van der Waals surface area contributed by atoms with E-state index in [0.717, 1.165) is 11.3 Å². The van der Waals surface area contributed by atoms with Crippen molar-refractivity contribution in [3.05, 3.63) is 89.2 Å². The summed E-state index contributed by atoms with van der Waals surface area (Å²) in [5, 5.41) is 16.8. The normalized spacial score (nSPS) is 19.8. The molecule has 6 heteroatoms. The third kappa shape index (κ3) is 2.79. The molecule has 2 aliphatic rings. The van der Waals surface area contributed by atoms with Crippen LogP contribution in [0.25, 0.3) is 0 Å². The van der Waals surface area contributed by atoms with E-state index in [1.807, 2.05) is 30.3 Å². The molecule has 0 aliphatic carbocycles. The summed E-state index contributed by atoms with van der Waals surface area (Å²) in [5.74, 6) is 0.999.